The Morgan fingerprint density at radius 1 is 1.20 bits per heavy atom. The van der Waals surface area contributed by atoms with Crippen molar-refractivity contribution < 1.29 is 44.7 Å². The number of nitriles is 1. The third-order valence-corrected chi connectivity index (χ3v) is 12.2. The summed E-state index contributed by atoms with van der Waals surface area (Å²) in [4.78, 5) is 26.4. The number of halogens is 8. The van der Waals surface area contributed by atoms with Crippen LogP contribution in [0.5, 0.6) is 6.01 Å². The molecule has 2 aromatic carbocycles. The number of carbonyl (C=O) groups excluding carboxylic acids is 1. The van der Waals surface area contributed by atoms with Gasteiger partial charge in [0.05, 0.1) is 29.0 Å². The molecule has 2 aromatic heterocycles. The normalized spacial score (nSPS) is 24.5. The lowest BCUT2D eigenvalue weighted by atomic mass is 9.92. The fourth-order valence-electron chi connectivity index (χ4n) is 8.40. The zero-order valence-corrected chi connectivity index (χ0v) is 30.8. The summed E-state index contributed by atoms with van der Waals surface area (Å²) in [6, 6.07) is 3.32. The second-order valence-corrected chi connectivity index (χ2v) is 15.4. The minimum Gasteiger partial charge on any atom is -0.467 e. The molecule has 4 fully saturated rings. The molecule has 8 rings (SSSR count). The van der Waals surface area contributed by atoms with E-state index in [9.17, 15) is 40.8 Å². The molecule has 4 aromatic rings. The van der Waals surface area contributed by atoms with Gasteiger partial charge in [0.1, 0.15) is 40.3 Å². The fraction of sp³-hybridized carbons (Fsp3) is 0.514. The molecule has 1 aliphatic carbocycles. The van der Waals surface area contributed by atoms with E-state index in [1.54, 1.807) is 24.8 Å². The quantitative estimate of drug-likeness (QED) is 0.196. The van der Waals surface area contributed by atoms with Gasteiger partial charge < -0.3 is 20.3 Å². The van der Waals surface area contributed by atoms with Crippen LogP contribution >= 0.6 is 11.3 Å². The molecule has 3 aliphatic heterocycles. The standard InChI is InChI=1S/C30H25F7N6O2S.C7H12FN/c1-4-42(19-7-8-43(12(19)2)27(44)17-10-29(17,33)34)26-14-9-16(30(35,36)37)21(22(32)23(14)40-28(41-26)45-3)13-5-6-18(31)24-20(13)15(11-38)25(39)46-24;8-6-4-7-2-1-3-9(7)5-6/h5-6,9,12,17,19H,4,7-8,10,39H2,1-3H3;6-7H,1-5H2. The van der Waals surface area contributed by atoms with Gasteiger partial charge in [0.25, 0.3) is 5.92 Å². The Bertz CT molecular complexity index is 2200. The monoisotopic (exact) mass is 795 g/mol. The van der Waals surface area contributed by atoms with Crippen LogP contribution in [0.15, 0.2) is 18.2 Å². The number of hydrogen-bond donors (Lipinski definition) is 1. The summed E-state index contributed by atoms with van der Waals surface area (Å²) in [5.41, 5.74) is 2.24. The molecule has 294 valence electrons. The van der Waals surface area contributed by atoms with Crippen LogP contribution < -0.4 is 15.4 Å². The van der Waals surface area contributed by atoms with Crippen molar-refractivity contribution in [3.8, 4) is 23.2 Å². The predicted molar refractivity (Wildman–Crippen MR) is 191 cm³/mol. The molecule has 9 nitrogen and oxygen atoms in total. The number of thiophene rings is 1. The highest BCUT2D eigenvalue weighted by Crippen LogP contribution is 2.51. The van der Waals surface area contributed by atoms with E-state index in [0.29, 0.717) is 30.0 Å². The number of carbonyl (C=O) groups is 1. The molecule has 1 saturated carbocycles. The Labute approximate surface area is 314 Å². The summed E-state index contributed by atoms with van der Waals surface area (Å²) in [5, 5.41) is 8.96. The van der Waals surface area contributed by atoms with Crippen molar-refractivity contribution in [2.24, 2.45) is 5.92 Å². The van der Waals surface area contributed by atoms with E-state index >= 15 is 4.39 Å². The molecule has 0 spiro atoms. The molecule has 2 N–H and O–H groups in total. The highest BCUT2D eigenvalue weighted by atomic mass is 32.1. The summed E-state index contributed by atoms with van der Waals surface area (Å²) < 4.78 is 121. The lowest BCUT2D eigenvalue weighted by Gasteiger charge is -2.34. The van der Waals surface area contributed by atoms with Crippen LogP contribution in [0.25, 0.3) is 32.1 Å². The summed E-state index contributed by atoms with van der Waals surface area (Å²) in [6.07, 6.45) is -2.59. The van der Waals surface area contributed by atoms with Crippen LogP contribution in [0.1, 0.15) is 57.1 Å². The number of anilines is 2. The number of aromatic nitrogens is 2. The molecule has 55 heavy (non-hydrogen) atoms. The lowest BCUT2D eigenvalue weighted by molar-refractivity contribution is -0.137. The SMILES string of the molecule is CCN(c1nc(OC)nc2c(F)c(-c3ccc(F)c4sc(N)c(C#N)c34)c(C(F)(F)F)cc12)C1CCN(C(=O)C2CC2(F)F)C1C.FC1CC2CCCN2C1. The number of nitrogen functional groups attached to an aromatic ring is 1. The van der Waals surface area contributed by atoms with Gasteiger partial charge >= 0.3 is 12.2 Å². The van der Waals surface area contributed by atoms with Crippen molar-refractivity contribution in [1.82, 2.24) is 19.8 Å². The topological polar surface area (TPSA) is 112 Å². The molecule has 0 bridgehead atoms. The van der Waals surface area contributed by atoms with Gasteiger partial charge in [-0.1, -0.05) is 6.07 Å². The Morgan fingerprint density at radius 2 is 1.93 bits per heavy atom. The van der Waals surface area contributed by atoms with E-state index in [1.807, 2.05) is 0 Å². The van der Waals surface area contributed by atoms with Crippen LogP contribution in [0.2, 0.25) is 0 Å². The van der Waals surface area contributed by atoms with E-state index in [4.69, 9.17) is 10.5 Å². The van der Waals surface area contributed by atoms with Gasteiger partial charge in [-0.05, 0) is 63.8 Å². The minimum atomic E-state index is -5.15. The van der Waals surface area contributed by atoms with Crippen molar-refractivity contribution in [3.63, 3.8) is 0 Å². The Balaban J connectivity index is 0.000000449. The van der Waals surface area contributed by atoms with E-state index in [1.165, 1.54) is 24.9 Å². The van der Waals surface area contributed by atoms with Crippen LogP contribution in [0, 0.1) is 28.9 Å². The number of methoxy groups -OCH3 is 1. The first-order chi connectivity index (χ1) is 26.0. The van der Waals surface area contributed by atoms with Gasteiger partial charge in [0.2, 0.25) is 5.91 Å². The van der Waals surface area contributed by atoms with E-state index in [2.05, 4.69) is 14.9 Å². The highest BCUT2D eigenvalue weighted by molar-refractivity contribution is 7.23. The summed E-state index contributed by atoms with van der Waals surface area (Å²) in [7, 11) is 1.19. The number of likely N-dealkylation sites (N-methyl/N-ethyl adjacent to an activating group) is 1. The maximum Gasteiger partial charge on any atom is 0.417 e. The number of amides is 1. The number of benzene rings is 2. The number of alkyl halides is 6. The van der Waals surface area contributed by atoms with Gasteiger partial charge in [0, 0.05) is 54.5 Å². The van der Waals surface area contributed by atoms with Gasteiger partial charge in [-0.3, -0.25) is 9.69 Å². The molecule has 5 heterocycles. The Hall–Kier alpha value is -4.50. The van der Waals surface area contributed by atoms with Crippen LogP contribution in [0.4, 0.5) is 45.9 Å². The van der Waals surface area contributed by atoms with E-state index < -0.39 is 82.4 Å². The largest absolute Gasteiger partial charge is 0.467 e. The number of nitrogens with zero attached hydrogens (tertiary/aromatic N) is 6. The third kappa shape index (κ3) is 6.76. The smallest absolute Gasteiger partial charge is 0.417 e. The van der Waals surface area contributed by atoms with Crippen molar-refractivity contribution in [2.45, 2.75) is 82.3 Å². The van der Waals surface area contributed by atoms with Crippen molar-refractivity contribution in [1.29, 1.82) is 5.26 Å². The van der Waals surface area contributed by atoms with Crippen LogP contribution in [0.3, 0.4) is 0 Å². The number of nitrogens with two attached hydrogens (primary N) is 1. The Kier molecular flexibility index (Phi) is 10.0. The minimum absolute atomic E-state index is 0.120. The van der Waals surface area contributed by atoms with Crippen molar-refractivity contribution in [2.75, 3.05) is 43.9 Å². The Morgan fingerprint density at radius 3 is 2.55 bits per heavy atom. The van der Waals surface area contributed by atoms with Crippen molar-refractivity contribution in [3.05, 3.63) is 41.0 Å². The molecule has 1 amide bonds. The zero-order chi connectivity index (χ0) is 39.7. The average molecular weight is 796 g/mol. The average Bonchev–Trinajstić information content (AvgIpc) is 3.60. The number of likely N-dealkylation sites (tertiary alicyclic amines) is 1. The molecule has 18 heteroatoms. The zero-order valence-electron chi connectivity index (χ0n) is 30.0. The number of ether oxygens (including phenoxy) is 1. The number of rotatable bonds is 6. The molecular weight excluding hydrogens is 759 g/mol. The summed E-state index contributed by atoms with van der Waals surface area (Å²) >= 11 is 0.654. The van der Waals surface area contributed by atoms with Crippen LogP contribution in [-0.4, -0.2) is 89.2 Å². The third-order valence-electron chi connectivity index (χ3n) is 11.2. The van der Waals surface area contributed by atoms with Gasteiger partial charge in [0.15, 0.2) is 5.82 Å². The fourth-order valence-corrected chi connectivity index (χ4v) is 9.35. The lowest BCUT2D eigenvalue weighted by Crippen LogP contribution is -2.46. The first kappa shape index (κ1) is 38.8. The second kappa shape index (κ2) is 14.2. The first-order valence-electron chi connectivity index (χ1n) is 17.9. The second-order valence-electron chi connectivity index (χ2n) is 14.3. The first-order valence-corrected chi connectivity index (χ1v) is 18.7. The molecule has 3 saturated heterocycles. The van der Waals surface area contributed by atoms with Crippen LogP contribution in [-0.2, 0) is 11.0 Å². The highest BCUT2D eigenvalue weighted by Gasteiger charge is 2.63. The van der Waals surface area contributed by atoms with Crippen molar-refractivity contribution >= 4 is 49.1 Å². The van der Waals surface area contributed by atoms with Gasteiger partial charge in [-0.15, -0.1) is 11.3 Å². The maximum absolute atomic E-state index is 16.7. The summed E-state index contributed by atoms with van der Waals surface area (Å²) in [5.74, 6) is -7.57. The number of hydrogen-bond acceptors (Lipinski definition) is 9. The molecule has 5 atom stereocenters. The maximum atomic E-state index is 16.7. The molecule has 5 unspecified atom stereocenters. The van der Waals surface area contributed by atoms with E-state index in [-0.39, 0.29) is 57.4 Å². The number of fused-ring (bicyclic) bond motifs is 3. The molecular formula is C37H37F8N7O2S. The summed E-state index contributed by atoms with van der Waals surface area (Å²) in [6.45, 7) is 5.45. The molecule has 0 radical (unpaired) electrons. The van der Waals surface area contributed by atoms with E-state index in [0.717, 1.165) is 25.1 Å². The van der Waals surface area contributed by atoms with Gasteiger partial charge in [-0.25, -0.2) is 22.0 Å². The molecule has 4 aliphatic rings. The predicted octanol–water partition coefficient (Wildman–Crippen LogP) is 7.93. The van der Waals surface area contributed by atoms with Gasteiger partial charge in [-0.2, -0.15) is 28.4 Å².